The van der Waals surface area contributed by atoms with E-state index in [1.807, 2.05) is 0 Å². The highest BCUT2D eigenvalue weighted by molar-refractivity contribution is 6.24. The highest BCUT2D eigenvalue weighted by Crippen LogP contribution is 2.29. The van der Waals surface area contributed by atoms with E-state index < -0.39 is 29.1 Å². The second kappa shape index (κ2) is 5.67. The van der Waals surface area contributed by atoms with Crippen LogP contribution < -0.4 is 0 Å². The summed E-state index contributed by atoms with van der Waals surface area (Å²) in [5.41, 5.74) is -0.519. The molecule has 3 rings (SSSR count). The van der Waals surface area contributed by atoms with Crippen molar-refractivity contribution in [3.63, 3.8) is 0 Å². The van der Waals surface area contributed by atoms with Crippen LogP contribution in [0.5, 0.6) is 0 Å². The van der Waals surface area contributed by atoms with Crippen LogP contribution in [-0.4, -0.2) is 16.6 Å². The number of Topliss-reactive ketones (excluding diaryl/α,β-unsaturated/α-hetero) is 1. The number of benzene rings is 1. The fourth-order valence-corrected chi connectivity index (χ4v) is 2.42. The van der Waals surface area contributed by atoms with Crippen molar-refractivity contribution in [2.45, 2.75) is 12.6 Å². The van der Waals surface area contributed by atoms with Crippen molar-refractivity contribution in [1.82, 2.24) is 4.98 Å². The summed E-state index contributed by atoms with van der Waals surface area (Å²) in [7, 11) is 0. The van der Waals surface area contributed by atoms with Crippen LogP contribution in [-0.2, 0) is 12.6 Å². The van der Waals surface area contributed by atoms with Gasteiger partial charge in [-0.05, 0) is 36.4 Å². The highest BCUT2D eigenvalue weighted by atomic mass is 19.4. The summed E-state index contributed by atoms with van der Waals surface area (Å²) in [5, 5.41) is 0. The number of allylic oxidation sites excluding steroid dienone is 2. The molecule has 3 nitrogen and oxygen atoms in total. The summed E-state index contributed by atoms with van der Waals surface area (Å²) in [6.45, 7) is 0. The summed E-state index contributed by atoms with van der Waals surface area (Å²) in [6, 6.07) is 5.30. The molecule has 0 spiro atoms. The lowest BCUT2D eigenvalue weighted by atomic mass is 9.87. The lowest BCUT2D eigenvalue weighted by molar-refractivity contribution is -0.137. The summed E-state index contributed by atoms with van der Waals surface area (Å²) in [5.74, 6) is -1.62. The van der Waals surface area contributed by atoms with Crippen LogP contribution in [0.25, 0.3) is 0 Å². The van der Waals surface area contributed by atoms with E-state index in [9.17, 15) is 27.2 Å². The molecule has 1 heterocycles. The minimum absolute atomic E-state index is 0.0240. The Hall–Kier alpha value is -2.83. The molecule has 122 valence electrons. The summed E-state index contributed by atoms with van der Waals surface area (Å²) < 4.78 is 50.7. The minimum atomic E-state index is -4.50. The predicted molar refractivity (Wildman–Crippen MR) is 76.1 cm³/mol. The number of hydrogen-bond acceptors (Lipinski definition) is 3. The molecule has 0 fully saturated rings. The Morgan fingerprint density at radius 1 is 1.00 bits per heavy atom. The van der Waals surface area contributed by atoms with Crippen molar-refractivity contribution >= 4 is 11.6 Å². The molecule has 0 bridgehead atoms. The number of rotatable bonds is 2. The van der Waals surface area contributed by atoms with E-state index in [2.05, 4.69) is 4.98 Å². The Bertz CT molecular complexity index is 867. The van der Waals surface area contributed by atoms with E-state index in [0.29, 0.717) is 6.20 Å². The maximum Gasteiger partial charge on any atom is 0.417 e. The van der Waals surface area contributed by atoms with Crippen LogP contribution in [0.1, 0.15) is 32.0 Å². The molecule has 24 heavy (non-hydrogen) atoms. The van der Waals surface area contributed by atoms with Crippen LogP contribution >= 0.6 is 0 Å². The van der Waals surface area contributed by atoms with Gasteiger partial charge in [-0.3, -0.25) is 14.6 Å². The molecule has 0 atom stereocenters. The van der Waals surface area contributed by atoms with Crippen LogP contribution in [0.15, 0.2) is 48.2 Å². The standard InChI is InChI=1S/C17H9F4NO2/c18-11-2-4-13-14(7-11)15(23)6-9(16(13)24)5-12-3-1-10(8-22-12)17(19,20)21/h1-4,6-8H,5H2. The molecule has 1 aromatic heterocycles. The molecule has 0 N–H and O–H groups in total. The first-order chi connectivity index (χ1) is 11.3. The third kappa shape index (κ3) is 2.97. The van der Waals surface area contributed by atoms with Crippen LogP contribution in [0.3, 0.4) is 0 Å². The smallest absolute Gasteiger partial charge is 0.289 e. The molecule has 1 aromatic carbocycles. The number of aromatic nitrogens is 1. The van der Waals surface area contributed by atoms with Gasteiger partial charge in [-0.25, -0.2) is 4.39 Å². The zero-order valence-corrected chi connectivity index (χ0v) is 12.0. The number of halogens is 4. The molecule has 0 saturated carbocycles. The first kappa shape index (κ1) is 16.0. The summed E-state index contributed by atoms with van der Waals surface area (Å²) >= 11 is 0. The molecule has 0 amide bonds. The summed E-state index contributed by atoms with van der Waals surface area (Å²) in [6.07, 6.45) is -2.83. The number of carbonyl (C=O) groups excluding carboxylic acids is 2. The van der Waals surface area contributed by atoms with E-state index >= 15 is 0 Å². The van der Waals surface area contributed by atoms with Crippen molar-refractivity contribution in [2.75, 3.05) is 0 Å². The van der Waals surface area contributed by atoms with Crippen LogP contribution in [0.4, 0.5) is 17.6 Å². The van der Waals surface area contributed by atoms with Crippen molar-refractivity contribution in [3.8, 4) is 0 Å². The molecule has 1 aliphatic rings. The van der Waals surface area contributed by atoms with E-state index in [-0.39, 0.29) is 28.8 Å². The molecule has 2 aromatic rings. The lowest BCUT2D eigenvalue weighted by Gasteiger charge is -2.15. The van der Waals surface area contributed by atoms with Gasteiger partial charge in [0.15, 0.2) is 11.6 Å². The fourth-order valence-electron chi connectivity index (χ4n) is 2.42. The largest absolute Gasteiger partial charge is 0.417 e. The third-order valence-electron chi connectivity index (χ3n) is 3.61. The van der Waals surface area contributed by atoms with Gasteiger partial charge < -0.3 is 0 Å². The lowest BCUT2D eigenvalue weighted by Crippen LogP contribution is -2.19. The van der Waals surface area contributed by atoms with Crippen molar-refractivity contribution < 1.29 is 27.2 Å². The molecule has 7 heteroatoms. The number of hydrogen-bond donors (Lipinski definition) is 0. The third-order valence-corrected chi connectivity index (χ3v) is 3.61. The van der Waals surface area contributed by atoms with Gasteiger partial charge in [0.05, 0.1) is 5.56 Å². The van der Waals surface area contributed by atoms with Gasteiger partial charge in [-0.1, -0.05) is 0 Å². The molecular formula is C17H9F4NO2. The number of nitrogens with zero attached hydrogens (tertiary/aromatic N) is 1. The van der Waals surface area contributed by atoms with E-state index in [4.69, 9.17) is 0 Å². The number of carbonyl (C=O) groups is 2. The van der Waals surface area contributed by atoms with E-state index in [1.54, 1.807) is 0 Å². The second-order valence-corrected chi connectivity index (χ2v) is 5.27. The van der Waals surface area contributed by atoms with Gasteiger partial charge in [0.1, 0.15) is 5.82 Å². The Morgan fingerprint density at radius 3 is 2.38 bits per heavy atom. The number of ketones is 2. The van der Waals surface area contributed by atoms with Gasteiger partial charge in [0.2, 0.25) is 0 Å². The quantitative estimate of drug-likeness (QED) is 0.785. The molecule has 1 aliphatic carbocycles. The van der Waals surface area contributed by atoms with E-state index in [0.717, 1.165) is 30.3 Å². The average Bonchev–Trinajstić information content (AvgIpc) is 2.52. The molecule has 0 saturated heterocycles. The monoisotopic (exact) mass is 335 g/mol. The Kier molecular flexibility index (Phi) is 3.79. The van der Waals surface area contributed by atoms with Gasteiger partial charge in [-0.2, -0.15) is 13.2 Å². The SMILES string of the molecule is O=C1C=C(Cc2ccc(C(F)(F)F)cn2)C(=O)c2ccc(F)cc21. The minimum Gasteiger partial charge on any atom is -0.289 e. The normalized spacial score (nSPS) is 14.4. The van der Waals surface area contributed by atoms with Crippen LogP contribution in [0, 0.1) is 5.82 Å². The van der Waals surface area contributed by atoms with Crippen molar-refractivity contribution in [3.05, 3.63) is 76.4 Å². The molecular weight excluding hydrogens is 326 g/mol. The average molecular weight is 335 g/mol. The number of alkyl halides is 3. The van der Waals surface area contributed by atoms with Gasteiger partial charge in [0, 0.05) is 35.0 Å². The number of fused-ring (bicyclic) bond motifs is 1. The Morgan fingerprint density at radius 2 is 1.75 bits per heavy atom. The first-order valence-corrected chi connectivity index (χ1v) is 6.87. The van der Waals surface area contributed by atoms with Gasteiger partial charge in [-0.15, -0.1) is 0 Å². The zero-order chi connectivity index (χ0) is 17.5. The summed E-state index contributed by atoms with van der Waals surface area (Å²) in [4.78, 5) is 28.0. The topological polar surface area (TPSA) is 47.0 Å². The zero-order valence-electron chi connectivity index (χ0n) is 12.0. The van der Waals surface area contributed by atoms with Gasteiger partial charge in [0.25, 0.3) is 0 Å². The maximum absolute atomic E-state index is 13.2. The van der Waals surface area contributed by atoms with Gasteiger partial charge >= 0.3 is 6.18 Å². The fraction of sp³-hybridized carbons (Fsp3) is 0.118. The predicted octanol–water partition coefficient (Wildman–Crippen LogP) is 3.79. The molecule has 0 radical (unpaired) electrons. The van der Waals surface area contributed by atoms with Crippen molar-refractivity contribution in [2.24, 2.45) is 0 Å². The Balaban J connectivity index is 1.88. The Labute approximate surface area is 133 Å². The van der Waals surface area contributed by atoms with Crippen molar-refractivity contribution in [1.29, 1.82) is 0 Å². The molecule has 0 aliphatic heterocycles. The second-order valence-electron chi connectivity index (χ2n) is 5.27. The highest BCUT2D eigenvalue weighted by Gasteiger charge is 2.31. The van der Waals surface area contributed by atoms with Crippen LogP contribution in [0.2, 0.25) is 0 Å². The van der Waals surface area contributed by atoms with E-state index in [1.165, 1.54) is 6.07 Å². The number of pyridine rings is 1. The molecule has 0 unspecified atom stereocenters. The first-order valence-electron chi connectivity index (χ1n) is 6.87. The maximum atomic E-state index is 13.2.